The number of nitrogens with one attached hydrogen (secondary N) is 1. The number of anilines is 1. The second-order valence-corrected chi connectivity index (χ2v) is 7.15. The van der Waals surface area contributed by atoms with Crippen molar-refractivity contribution in [2.24, 2.45) is 0 Å². The molecule has 4 rings (SSSR count). The number of aromatic nitrogens is 3. The van der Waals surface area contributed by atoms with E-state index in [9.17, 15) is 9.90 Å². The third-order valence-corrected chi connectivity index (χ3v) is 5.22. The molecule has 6 nitrogen and oxygen atoms in total. The normalized spacial score (nSPS) is 12.0. The van der Waals surface area contributed by atoms with Crippen molar-refractivity contribution in [2.45, 2.75) is 17.4 Å². The molecule has 0 aliphatic rings. The Kier molecular flexibility index (Phi) is 5.25. The van der Waals surface area contributed by atoms with Crippen LogP contribution < -0.4 is 4.72 Å². The lowest BCUT2D eigenvalue weighted by Crippen LogP contribution is -2.14. The number of benzene rings is 2. The first kappa shape index (κ1) is 18.1. The summed E-state index contributed by atoms with van der Waals surface area (Å²) in [7, 11) is 0. The van der Waals surface area contributed by atoms with E-state index in [1.807, 2.05) is 65.2 Å². The van der Waals surface area contributed by atoms with Gasteiger partial charge in [0.05, 0.1) is 29.8 Å². The van der Waals surface area contributed by atoms with E-state index in [-0.39, 0.29) is 12.5 Å². The number of hydrogen-bond acceptors (Lipinski definition) is 5. The maximum Gasteiger partial charge on any atom is 0.305 e. The lowest BCUT2D eigenvalue weighted by molar-refractivity contribution is -0.137. The zero-order chi connectivity index (χ0) is 19.3. The molecule has 2 aromatic heterocycles. The molecule has 0 saturated heterocycles. The summed E-state index contributed by atoms with van der Waals surface area (Å²) in [5.41, 5.74) is 3.46. The summed E-state index contributed by atoms with van der Waals surface area (Å²) in [6.45, 7) is 0. The fourth-order valence-corrected chi connectivity index (χ4v) is 3.72. The van der Waals surface area contributed by atoms with Gasteiger partial charge in [-0.15, -0.1) is 0 Å². The number of aliphatic carboxylic acids is 1. The molecule has 0 saturated carbocycles. The number of carbonyl (C=O) groups is 1. The Bertz CT molecular complexity index is 1080. The lowest BCUT2D eigenvalue weighted by Gasteiger charge is -2.18. The van der Waals surface area contributed by atoms with Gasteiger partial charge in [-0.1, -0.05) is 24.3 Å². The van der Waals surface area contributed by atoms with Crippen LogP contribution in [0.2, 0.25) is 0 Å². The molecule has 28 heavy (non-hydrogen) atoms. The molecule has 0 aliphatic carbocycles. The highest BCUT2D eigenvalue weighted by Crippen LogP contribution is 2.29. The summed E-state index contributed by atoms with van der Waals surface area (Å²) in [6.07, 6.45) is 5.03. The molecule has 1 unspecified atom stereocenters. The lowest BCUT2D eigenvalue weighted by atomic mass is 10.1. The number of imidazole rings is 1. The molecule has 0 bridgehead atoms. The summed E-state index contributed by atoms with van der Waals surface area (Å²) >= 11 is 1.53. The van der Waals surface area contributed by atoms with Crippen molar-refractivity contribution in [1.82, 2.24) is 14.5 Å². The van der Waals surface area contributed by atoms with Crippen molar-refractivity contribution in [3.8, 4) is 0 Å². The predicted octanol–water partition coefficient (Wildman–Crippen LogP) is 4.61. The maximum absolute atomic E-state index is 11.4. The average Bonchev–Trinajstić information content (AvgIpc) is 3.15. The van der Waals surface area contributed by atoms with Crippen LogP contribution in [0.5, 0.6) is 0 Å². The second kappa shape index (κ2) is 8.14. The van der Waals surface area contributed by atoms with Crippen LogP contribution in [0.1, 0.15) is 18.0 Å². The van der Waals surface area contributed by atoms with Crippen LogP contribution >= 0.6 is 11.9 Å². The fourth-order valence-electron chi connectivity index (χ4n) is 3.07. The van der Waals surface area contributed by atoms with Crippen molar-refractivity contribution in [3.63, 3.8) is 0 Å². The molecule has 7 heteroatoms. The summed E-state index contributed by atoms with van der Waals surface area (Å²) in [6, 6.07) is 19.3. The monoisotopic (exact) mass is 390 g/mol. The number of rotatable bonds is 7. The van der Waals surface area contributed by atoms with Gasteiger partial charge in [-0.05, 0) is 53.9 Å². The SMILES string of the molecule is O=C(O)CC(c1cccnc1)n1cnc2cc(NSc3ccccc3)ccc21. The highest BCUT2D eigenvalue weighted by Gasteiger charge is 2.20. The van der Waals surface area contributed by atoms with Crippen molar-refractivity contribution in [3.05, 3.63) is 84.9 Å². The van der Waals surface area contributed by atoms with Crippen molar-refractivity contribution < 1.29 is 9.90 Å². The predicted molar refractivity (Wildman–Crippen MR) is 110 cm³/mol. The number of nitrogens with zero attached hydrogens (tertiary/aromatic N) is 3. The third-order valence-electron chi connectivity index (χ3n) is 4.38. The van der Waals surface area contributed by atoms with E-state index in [1.165, 1.54) is 11.9 Å². The molecule has 0 amide bonds. The van der Waals surface area contributed by atoms with Crippen LogP contribution in [0.15, 0.2) is 84.3 Å². The van der Waals surface area contributed by atoms with Gasteiger partial charge < -0.3 is 14.4 Å². The quantitative estimate of drug-likeness (QED) is 0.449. The van der Waals surface area contributed by atoms with E-state index >= 15 is 0 Å². The van der Waals surface area contributed by atoms with Gasteiger partial charge in [-0.3, -0.25) is 9.78 Å². The van der Waals surface area contributed by atoms with Crippen molar-refractivity contribution >= 4 is 34.6 Å². The minimum absolute atomic E-state index is 0.0407. The molecule has 2 heterocycles. The maximum atomic E-state index is 11.4. The first-order valence-electron chi connectivity index (χ1n) is 8.77. The fraction of sp³-hybridized carbons (Fsp3) is 0.0952. The Hall–Kier alpha value is -3.32. The molecule has 140 valence electrons. The summed E-state index contributed by atoms with van der Waals surface area (Å²) in [4.78, 5) is 21.2. The largest absolute Gasteiger partial charge is 0.481 e. The molecular formula is C21H18N4O2S. The molecule has 2 aromatic carbocycles. The zero-order valence-electron chi connectivity index (χ0n) is 14.9. The van der Waals surface area contributed by atoms with Crippen LogP contribution in [0.3, 0.4) is 0 Å². The molecule has 2 N–H and O–H groups in total. The summed E-state index contributed by atoms with van der Waals surface area (Å²) in [5.74, 6) is -0.867. The van der Waals surface area contributed by atoms with Crippen LogP contribution in [0.25, 0.3) is 11.0 Å². The van der Waals surface area contributed by atoms with E-state index in [2.05, 4.69) is 14.7 Å². The van der Waals surface area contributed by atoms with E-state index in [1.54, 1.807) is 18.7 Å². The summed E-state index contributed by atoms with van der Waals surface area (Å²) < 4.78 is 5.22. The van der Waals surface area contributed by atoms with Gasteiger partial charge in [-0.25, -0.2) is 4.98 Å². The first-order chi connectivity index (χ1) is 13.7. The molecule has 0 aliphatic heterocycles. The van der Waals surface area contributed by atoms with Gasteiger partial charge >= 0.3 is 5.97 Å². The van der Waals surface area contributed by atoms with Crippen molar-refractivity contribution in [2.75, 3.05) is 4.72 Å². The van der Waals surface area contributed by atoms with E-state index in [0.29, 0.717) is 0 Å². The minimum atomic E-state index is -0.867. The Morgan fingerprint density at radius 1 is 1.14 bits per heavy atom. The molecule has 0 radical (unpaired) electrons. The zero-order valence-corrected chi connectivity index (χ0v) is 15.7. The number of hydrogen-bond donors (Lipinski definition) is 2. The van der Waals surface area contributed by atoms with Gasteiger partial charge in [0.15, 0.2) is 0 Å². The molecule has 1 atom stereocenters. The highest BCUT2D eigenvalue weighted by molar-refractivity contribution is 8.00. The van der Waals surface area contributed by atoms with E-state index < -0.39 is 5.97 Å². The van der Waals surface area contributed by atoms with E-state index in [4.69, 9.17) is 0 Å². The molecular weight excluding hydrogens is 372 g/mol. The Morgan fingerprint density at radius 3 is 2.75 bits per heavy atom. The first-order valence-corrected chi connectivity index (χ1v) is 9.58. The Labute approximate surface area is 166 Å². The number of fused-ring (bicyclic) bond motifs is 1. The Morgan fingerprint density at radius 2 is 2.00 bits per heavy atom. The van der Waals surface area contributed by atoms with Gasteiger partial charge in [0.25, 0.3) is 0 Å². The second-order valence-electron chi connectivity index (χ2n) is 6.27. The molecule has 0 spiro atoms. The standard InChI is InChI=1S/C21H18N4O2S/c26-21(27)12-20(15-5-4-10-22-13-15)25-14-23-18-11-16(8-9-19(18)25)24-28-17-6-2-1-3-7-17/h1-11,13-14,20,24H,12H2,(H,26,27). The van der Waals surface area contributed by atoms with Gasteiger partial charge in [0.2, 0.25) is 0 Å². The van der Waals surface area contributed by atoms with E-state index in [0.717, 1.165) is 27.2 Å². The molecule has 0 fully saturated rings. The third kappa shape index (κ3) is 3.99. The van der Waals surface area contributed by atoms with Crippen LogP contribution in [-0.4, -0.2) is 25.6 Å². The number of carboxylic acid groups (broad SMARTS) is 1. The topological polar surface area (TPSA) is 80.0 Å². The Balaban J connectivity index is 1.62. The van der Waals surface area contributed by atoms with Crippen LogP contribution in [0, 0.1) is 0 Å². The minimum Gasteiger partial charge on any atom is -0.481 e. The summed E-state index contributed by atoms with van der Waals surface area (Å²) in [5, 5.41) is 9.37. The highest BCUT2D eigenvalue weighted by atomic mass is 32.2. The number of pyridine rings is 1. The average molecular weight is 390 g/mol. The van der Waals surface area contributed by atoms with Gasteiger partial charge in [-0.2, -0.15) is 0 Å². The smallest absolute Gasteiger partial charge is 0.305 e. The van der Waals surface area contributed by atoms with Gasteiger partial charge in [0, 0.05) is 23.0 Å². The van der Waals surface area contributed by atoms with Gasteiger partial charge in [0.1, 0.15) is 0 Å². The van der Waals surface area contributed by atoms with Crippen LogP contribution in [-0.2, 0) is 4.79 Å². The molecule has 4 aromatic rings. The number of carboxylic acids is 1. The van der Waals surface area contributed by atoms with Crippen LogP contribution in [0.4, 0.5) is 5.69 Å². The van der Waals surface area contributed by atoms with Crippen molar-refractivity contribution in [1.29, 1.82) is 0 Å².